The Balaban J connectivity index is 2.08. The number of hydrogen-bond donors (Lipinski definition) is 1. The molecule has 2 rings (SSSR count). The quantitative estimate of drug-likeness (QED) is 0.916. The fraction of sp³-hybridized carbons (Fsp3) is 0.235. The van der Waals surface area contributed by atoms with Crippen LogP contribution in [0.5, 0.6) is 0 Å². The van der Waals surface area contributed by atoms with E-state index in [1.807, 2.05) is 0 Å². The van der Waals surface area contributed by atoms with E-state index in [-0.39, 0.29) is 24.1 Å². The van der Waals surface area contributed by atoms with Gasteiger partial charge in [0.25, 0.3) is 0 Å². The number of carbonyl (C=O) groups excluding carboxylic acids is 1. The van der Waals surface area contributed by atoms with Crippen molar-refractivity contribution in [2.24, 2.45) is 0 Å². The molecule has 0 unspecified atom stereocenters. The standard InChI is InChI=1S/C17H17F2NO/c1-17(2,13-7-9-14(18)10-8-13)16(21)20-11-12-5-3-4-6-15(12)19/h3-10H,11H2,1-2H3,(H,20,21). The molecule has 4 heteroatoms. The Morgan fingerprint density at radius 1 is 1.05 bits per heavy atom. The van der Waals surface area contributed by atoms with Crippen molar-refractivity contribution < 1.29 is 13.6 Å². The molecule has 1 amide bonds. The van der Waals surface area contributed by atoms with Gasteiger partial charge in [0, 0.05) is 12.1 Å². The third-order valence-corrected chi connectivity index (χ3v) is 3.53. The van der Waals surface area contributed by atoms with Crippen LogP contribution in [0, 0.1) is 11.6 Å². The fourth-order valence-corrected chi connectivity index (χ4v) is 2.04. The molecule has 2 nitrogen and oxygen atoms in total. The summed E-state index contributed by atoms with van der Waals surface area (Å²) in [6.45, 7) is 3.62. The Morgan fingerprint density at radius 2 is 1.67 bits per heavy atom. The number of benzene rings is 2. The largest absolute Gasteiger partial charge is 0.351 e. The monoisotopic (exact) mass is 289 g/mol. The Kier molecular flexibility index (Phi) is 4.36. The van der Waals surface area contributed by atoms with Gasteiger partial charge in [0.1, 0.15) is 11.6 Å². The number of halogens is 2. The van der Waals surface area contributed by atoms with Crippen LogP contribution in [-0.4, -0.2) is 5.91 Å². The number of nitrogens with one attached hydrogen (secondary N) is 1. The van der Waals surface area contributed by atoms with Crippen molar-refractivity contribution in [3.8, 4) is 0 Å². The smallest absolute Gasteiger partial charge is 0.230 e. The molecule has 0 spiro atoms. The van der Waals surface area contributed by atoms with Crippen LogP contribution in [0.2, 0.25) is 0 Å². The van der Waals surface area contributed by atoms with Crippen molar-refractivity contribution in [1.29, 1.82) is 0 Å². The second-order valence-electron chi connectivity index (χ2n) is 5.41. The van der Waals surface area contributed by atoms with E-state index in [2.05, 4.69) is 5.32 Å². The highest BCUT2D eigenvalue weighted by Gasteiger charge is 2.29. The minimum atomic E-state index is -0.820. The molecule has 0 bridgehead atoms. The predicted molar refractivity (Wildman–Crippen MR) is 77.7 cm³/mol. The molecule has 0 atom stereocenters. The van der Waals surface area contributed by atoms with Gasteiger partial charge in [-0.2, -0.15) is 0 Å². The van der Waals surface area contributed by atoms with E-state index in [0.717, 1.165) is 0 Å². The second-order valence-corrected chi connectivity index (χ2v) is 5.41. The lowest BCUT2D eigenvalue weighted by Gasteiger charge is -2.24. The summed E-state index contributed by atoms with van der Waals surface area (Å²) in [5.41, 5.74) is 0.314. The van der Waals surface area contributed by atoms with Crippen LogP contribution in [0.1, 0.15) is 25.0 Å². The second kappa shape index (κ2) is 6.04. The average Bonchev–Trinajstić information content (AvgIpc) is 2.46. The predicted octanol–water partition coefficient (Wildman–Crippen LogP) is 3.56. The summed E-state index contributed by atoms with van der Waals surface area (Å²) in [7, 11) is 0. The van der Waals surface area contributed by atoms with E-state index in [1.54, 1.807) is 44.2 Å². The minimum absolute atomic E-state index is 0.121. The minimum Gasteiger partial charge on any atom is -0.351 e. The maximum Gasteiger partial charge on any atom is 0.230 e. The maximum atomic E-state index is 13.5. The molecule has 21 heavy (non-hydrogen) atoms. The molecular formula is C17H17F2NO. The van der Waals surface area contributed by atoms with E-state index in [4.69, 9.17) is 0 Å². The average molecular weight is 289 g/mol. The van der Waals surface area contributed by atoms with Crippen molar-refractivity contribution in [3.05, 3.63) is 71.3 Å². The highest BCUT2D eigenvalue weighted by Crippen LogP contribution is 2.23. The third kappa shape index (κ3) is 3.45. The Hall–Kier alpha value is -2.23. The van der Waals surface area contributed by atoms with E-state index >= 15 is 0 Å². The molecule has 110 valence electrons. The van der Waals surface area contributed by atoms with Crippen molar-refractivity contribution in [2.45, 2.75) is 25.8 Å². The Bertz CT molecular complexity index is 635. The molecule has 0 aliphatic carbocycles. The summed E-state index contributed by atoms with van der Waals surface area (Å²) in [5.74, 6) is -0.934. The molecule has 0 heterocycles. The van der Waals surface area contributed by atoms with Gasteiger partial charge in [0.05, 0.1) is 5.41 Å². The van der Waals surface area contributed by atoms with E-state index < -0.39 is 5.41 Å². The molecule has 2 aromatic carbocycles. The van der Waals surface area contributed by atoms with Gasteiger partial charge in [-0.05, 0) is 37.6 Å². The van der Waals surface area contributed by atoms with E-state index in [0.29, 0.717) is 11.1 Å². The van der Waals surface area contributed by atoms with Gasteiger partial charge in [0.15, 0.2) is 0 Å². The van der Waals surface area contributed by atoms with Gasteiger partial charge in [-0.1, -0.05) is 30.3 Å². The van der Waals surface area contributed by atoms with Gasteiger partial charge in [-0.15, -0.1) is 0 Å². The Morgan fingerprint density at radius 3 is 2.29 bits per heavy atom. The summed E-state index contributed by atoms with van der Waals surface area (Å²) >= 11 is 0. The van der Waals surface area contributed by atoms with Gasteiger partial charge in [0.2, 0.25) is 5.91 Å². The zero-order valence-electron chi connectivity index (χ0n) is 12.0. The zero-order valence-corrected chi connectivity index (χ0v) is 12.0. The van der Waals surface area contributed by atoms with Crippen LogP contribution in [0.15, 0.2) is 48.5 Å². The van der Waals surface area contributed by atoms with Crippen LogP contribution in [0.3, 0.4) is 0 Å². The summed E-state index contributed by atoms with van der Waals surface area (Å²) in [6.07, 6.45) is 0. The molecule has 0 aliphatic heterocycles. The first-order chi connectivity index (χ1) is 9.91. The molecular weight excluding hydrogens is 272 g/mol. The van der Waals surface area contributed by atoms with Gasteiger partial charge in [-0.25, -0.2) is 8.78 Å². The molecule has 0 fully saturated rings. The SMILES string of the molecule is CC(C)(C(=O)NCc1ccccc1F)c1ccc(F)cc1. The zero-order chi connectivity index (χ0) is 15.5. The Labute approximate surface area is 122 Å². The van der Waals surface area contributed by atoms with Crippen molar-refractivity contribution >= 4 is 5.91 Å². The van der Waals surface area contributed by atoms with Gasteiger partial charge in [-0.3, -0.25) is 4.79 Å². The van der Waals surface area contributed by atoms with Crippen molar-refractivity contribution in [1.82, 2.24) is 5.32 Å². The number of hydrogen-bond acceptors (Lipinski definition) is 1. The van der Waals surface area contributed by atoms with Crippen LogP contribution < -0.4 is 5.32 Å². The maximum absolute atomic E-state index is 13.5. The highest BCUT2D eigenvalue weighted by molar-refractivity contribution is 5.87. The van der Waals surface area contributed by atoms with Crippen LogP contribution >= 0.6 is 0 Å². The van der Waals surface area contributed by atoms with E-state index in [9.17, 15) is 13.6 Å². The first kappa shape index (κ1) is 15.2. The van der Waals surface area contributed by atoms with Crippen LogP contribution in [-0.2, 0) is 16.8 Å². The summed E-state index contributed by atoms with van der Waals surface area (Å²) in [4.78, 5) is 12.3. The molecule has 0 radical (unpaired) electrons. The van der Waals surface area contributed by atoms with Gasteiger partial charge >= 0.3 is 0 Å². The fourth-order valence-electron chi connectivity index (χ4n) is 2.04. The first-order valence-corrected chi connectivity index (χ1v) is 6.69. The lowest BCUT2D eigenvalue weighted by atomic mass is 9.83. The lowest BCUT2D eigenvalue weighted by molar-refractivity contribution is -0.125. The molecule has 2 aromatic rings. The highest BCUT2D eigenvalue weighted by atomic mass is 19.1. The van der Waals surface area contributed by atoms with E-state index in [1.165, 1.54) is 18.2 Å². The molecule has 1 N–H and O–H groups in total. The number of rotatable bonds is 4. The lowest BCUT2D eigenvalue weighted by Crippen LogP contribution is -2.39. The number of carbonyl (C=O) groups is 1. The van der Waals surface area contributed by atoms with Crippen molar-refractivity contribution in [2.75, 3.05) is 0 Å². The topological polar surface area (TPSA) is 29.1 Å². The third-order valence-electron chi connectivity index (χ3n) is 3.53. The van der Waals surface area contributed by atoms with Crippen LogP contribution in [0.4, 0.5) is 8.78 Å². The first-order valence-electron chi connectivity index (χ1n) is 6.69. The number of amides is 1. The molecule has 0 saturated carbocycles. The normalized spacial score (nSPS) is 11.2. The molecule has 0 saturated heterocycles. The summed E-state index contributed by atoms with van der Waals surface area (Å²) in [5, 5.41) is 2.72. The van der Waals surface area contributed by atoms with Gasteiger partial charge < -0.3 is 5.32 Å². The van der Waals surface area contributed by atoms with Crippen molar-refractivity contribution in [3.63, 3.8) is 0 Å². The summed E-state index contributed by atoms with van der Waals surface area (Å²) < 4.78 is 26.5. The molecule has 0 aromatic heterocycles. The molecule has 0 aliphatic rings. The summed E-state index contributed by atoms with van der Waals surface area (Å²) in [6, 6.07) is 12.1. The van der Waals surface area contributed by atoms with Crippen LogP contribution in [0.25, 0.3) is 0 Å².